The fourth-order valence-corrected chi connectivity index (χ4v) is 2.38. The molecule has 0 radical (unpaired) electrons. The van der Waals surface area contributed by atoms with Crippen molar-refractivity contribution in [3.63, 3.8) is 0 Å². The van der Waals surface area contributed by atoms with Crippen LogP contribution in [0.4, 0.5) is 0 Å². The van der Waals surface area contributed by atoms with Gasteiger partial charge in [0.25, 0.3) is 0 Å². The molecule has 14 heavy (non-hydrogen) atoms. The lowest BCUT2D eigenvalue weighted by atomic mass is 9.90. The maximum absolute atomic E-state index is 4.22. The first-order chi connectivity index (χ1) is 6.88. The van der Waals surface area contributed by atoms with Crippen LogP contribution < -0.4 is 0 Å². The molecule has 0 unspecified atom stereocenters. The Balaban J connectivity index is 2.04. The fourth-order valence-electron chi connectivity index (χ4n) is 2.38. The quantitative estimate of drug-likeness (QED) is 0.686. The van der Waals surface area contributed by atoms with Crippen LogP contribution in [0.1, 0.15) is 56.7 Å². The summed E-state index contributed by atoms with van der Waals surface area (Å²) in [5.74, 6) is 1.84. The van der Waals surface area contributed by atoms with E-state index in [2.05, 4.69) is 14.8 Å². The van der Waals surface area contributed by atoms with Gasteiger partial charge >= 0.3 is 0 Å². The molecular weight excluding hydrogens is 174 g/mol. The second-order valence-corrected chi connectivity index (χ2v) is 4.34. The molecule has 3 nitrogen and oxygen atoms in total. The minimum atomic E-state index is 0.655. The van der Waals surface area contributed by atoms with E-state index in [1.807, 2.05) is 13.4 Å². The molecule has 3 heteroatoms. The maximum atomic E-state index is 4.22. The first-order valence-electron chi connectivity index (χ1n) is 5.72. The molecule has 1 aliphatic rings. The molecule has 1 fully saturated rings. The minimum Gasteiger partial charge on any atom is -0.320 e. The van der Waals surface area contributed by atoms with Crippen molar-refractivity contribution >= 4 is 0 Å². The lowest BCUT2D eigenvalue weighted by Gasteiger charge is -2.18. The van der Waals surface area contributed by atoms with Crippen molar-refractivity contribution in [1.29, 1.82) is 0 Å². The van der Waals surface area contributed by atoms with Crippen LogP contribution in [0.5, 0.6) is 0 Å². The Kier molecular flexibility index (Phi) is 3.17. The van der Waals surface area contributed by atoms with Crippen LogP contribution >= 0.6 is 0 Å². The van der Waals surface area contributed by atoms with Crippen LogP contribution in [-0.4, -0.2) is 14.8 Å². The molecule has 1 saturated carbocycles. The Morgan fingerprint density at radius 3 is 2.36 bits per heavy atom. The number of aryl methyl sites for hydroxylation is 1. The zero-order valence-corrected chi connectivity index (χ0v) is 8.95. The molecular formula is C11H19N3. The standard InChI is InChI=1S/C11H19N3/c1-14-9-12-13-11(14)10-7-5-3-2-4-6-8-10/h9-10H,2-8H2,1H3. The molecule has 0 atom stereocenters. The molecule has 78 valence electrons. The number of hydrogen-bond donors (Lipinski definition) is 0. The van der Waals surface area contributed by atoms with Crippen LogP contribution in [0.25, 0.3) is 0 Å². The predicted molar refractivity (Wildman–Crippen MR) is 56.1 cm³/mol. The molecule has 1 aromatic rings. The van der Waals surface area contributed by atoms with Crippen molar-refractivity contribution in [1.82, 2.24) is 14.8 Å². The molecule has 0 aromatic carbocycles. The van der Waals surface area contributed by atoms with Crippen molar-refractivity contribution in [2.75, 3.05) is 0 Å². The average Bonchev–Trinajstić information content (AvgIpc) is 2.51. The van der Waals surface area contributed by atoms with Gasteiger partial charge in [0.1, 0.15) is 12.2 Å². The van der Waals surface area contributed by atoms with Crippen LogP contribution in [0.2, 0.25) is 0 Å². The summed E-state index contributed by atoms with van der Waals surface area (Å²) < 4.78 is 2.08. The predicted octanol–water partition coefficient (Wildman–Crippen LogP) is 2.64. The van der Waals surface area contributed by atoms with Gasteiger partial charge in [-0.05, 0) is 12.8 Å². The molecule has 0 aliphatic heterocycles. The highest BCUT2D eigenvalue weighted by Crippen LogP contribution is 2.29. The van der Waals surface area contributed by atoms with Crippen LogP contribution in [0, 0.1) is 0 Å². The molecule has 1 aromatic heterocycles. The lowest BCUT2D eigenvalue weighted by Crippen LogP contribution is -2.08. The van der Waals surface area contributed by atoms with Crippen molar-refractivity contribution < 1.29 is 0 Å². The van der Waals surface area contributed by atoms with Crippen LogP contribution in [0.15, 0.2) is 6.33 Å². The van der Waals surface area contributed by atoms with Gasteiger partial charge < -0.3 is 4.57 Å². The third kappa shape index (κ3) is 2.14. The summed E-state index contributed by atoms with van der Waals surface area (Å²) in [6.07, 6.45) is 11.3. The number of hydrogen-bond acceptors (Lipinski definition) is 2. The van der Waals surface area contributed by atoms with E-state index in [4.69, 9.17) is 0 Å². The first-order valence-corrected chi connectivity index (χ1v) is 5.72. The molecule has 0 N–H and O–H groups in total. The highest BCUT2D eigenvalue weighted by molar-refractivity contribution is 4.95. The summed E-state index contributed by atoms with van der Waals surface area (Å²) in [4.78, 5) is 0. The van der Waals surface area contributed by atoms with Gasteiger partial charge in [0.05, 0.1) is 0 Å². The third-order valence-electron chi connectivity index (χ3n) is 3.22. The van der Waals surface area contributed by atoms with E-state index in [1.165, 1.54) is 50.8 Å². The number of nitrogens with zero attached hydrogens (tertiary/aromatic N) is 3. The molecule has 1 aliphatic carbocycles. The zero-order valence-electron chi connectivity index (χ0n) is 8.95. The highest BCUT2D eigenvalue weighted by Gasteiger charge is 2.17. The monoisotopic (exact) mass is 193 g/mol. The van der Waals surface area contributed by atoms with Gasteiger partial charge in [-0.1, -0.05) is 32.1 Å². The minimum absolute atomic E-state index is 0.655. The largest absolute Gasteiger partial charge is 0.320 e. The summed E-state index contributed by atoms with van der Waals surface area (Å²) in [6, 6.07) is 0. The van der Waals surface area contributed by atoms with E-state index in [0.29, 0.717) is 5.92 Å². The van der Waals surface area contributed by atoms with E-state index in [9.17, 15) is 0 Å². The Morgan fingerprint density at radius 1 is 1.14 bits per heavy atom. The SMILES string of the molecule is Cn1cnnc1C1CCCCCCC1. The van der Waals surface area contributed by atoms with E-state index in [0.717, 1.165) is 0 Å². The summed E-state index contributed by atoms with van der Waals surface area (Å²) in [7, 11) is 2.05. The van der Waals surface area contributed by atoms with Crippen molar-refractivity contribution in [3.8, 4) is 0 Å². The van der Waals surface area contributed by atoms with Crippen LogP contribution in [-0.2, 0) is 7.05 Å². The van der Waals surface area contributed by atoms with Crippen molar-refractivity contribution in [3.05, 3.63) is 12.2 Å². The maximum Gasteiger partial charge on any atom is 0.135 e. The second-order valence-electron chi connectivity index (χ2n) is 4.34. The van der Waals surface area contributed by atoms with E-state index >= 15 is 0 Å². The van der Waals surface area contributed by atoms with Gasteiger partial charge in [-0.2, -0.15) is 0 Å². The van der Waals surface area contributed by atoms with Crippen molar-refractivity contribution in [2.45, 2.75) is 50.9 Å². The summed E-state index contributed by atoms with van der Waals surface area (Å²) in [5.41, 5.74) is 0. The number of aromatic nitrogens is 3. The second kappa shape index (κ2) is 4.58. The van der Waals surface area contributed by atoms with Gasteiger partial charge in [0.2, 0.25) is 0 Å². The number of rotatable bonds is 1. The van der Waals surface area contributed by atoms with Gasteiger partial charge in [0, 0.05) is 13.0 Å². The highest BCUT2D eigenvalue weighted by atomic mass is 15.2. The van der Waals surface area contributed by atoms with Gasteiger partial charge in [-0.3, -0.25) is 0 Å². The molecule has 2 rings (SSSR count). The van der Waals surface area contributed by atoms with Gasteiger partial charge in [-0.25, -0.2) is 0 Å². The average molecular weight is 193 g/mol. The third-order valence-corrected chi connectivity index (χ3v) is 3.22. The Bertz CT molecular complexity index is 272. The van der Waals surface area contributed by atoms with Gasteiger partial charge in [-0.15, -0.1) is 10.2 Å². The zero-order chi connectivity index (χ0) is 9.80. The van der Waals surface area contributed by atoms with E-state index < -0.39 is 0 Å². The Labute approximate surface area is 85.5 Å². The first kappa shape index (κ1) is 9.69. The molecule has 0 amide bonds. The molecule has 1 heterocycles. The van der Waals surface area contributed by atoms with E-state index in [-0.39, 0.29) is 0 Å². The topological polar surface area (TPSA) is 30.7 Å². The van der Waals surface area contributed by atoms with Gasteiger partial charge in [0.15, 0.2) is 0 Å². The summed E-state index contributed by atoms with van der Waals surface area (Å²) >= 11 is 0. The molecule has 0 spiro atoms. The summed E-state index contributed by atoms with van der Waals surface area (Å²) in [6.45, 7) is 0. The fraction of sp³-hybridized carbons (Fsp3) is 0.818. The summed E-state index contributed by atoms with van der Waals surface area (Å²) in [5, 5.41) is 8.19. The smallest absolute Gasteiger partial charge is 0.135 e. The van der Waals surface area contributed by atoms with Crippen LogP contribution in [0.3, 0.4) is 0 Å². The van der Waals surface area contributed by atoms with E-state index in [1.54, 1.807) is 0 Å². The van der Waals surface area contributed by atoms with Crippen molar-refractivity contribution in [2.24, 2.45) is 7.05 Å². The molecule has 0 saturated heterocycles. The Morgan fingerprint density at radius 2 is 1.79 bits per heavy atom. The Hall–Kier alpha value is -0.860. The normalized spacial score (nSPS) is 20.4. The molecule has 0 bridgehead atoms. The lowest BCUT2D eigenvalue weighted by molar-refractivity contribution is 0.435.